The lowest BCUT2D eigenvalue weighted by Gasteiger charge is -2.12. The van der Waals surface area contributed by atoms with E-state index in [1.54, 1.807) is 29.0 Å². The van der Waals surface area contributed by atoms with Gasteiger partial charge in [-0.15, -0.1) is 11.3 Å². The second kappa shape index (κ2) is 7.33. The Morgan fingerprint density at radius 3 is 2.71 bits per heavy atom. The molecule has 1 aromatic carbocycles. The van der Waals surface area contributed by atoms with Gasteiger partial charge in [0.25, 0.3) is 0 Å². The highest BCUT2D eigenvalue weighted by molar-refractivity contribution is 7.09. The van der Waals surface area contributed by atoms with E-state index in [1.807, 2.05) is 13.0 Å². The molecule has 0 saturated heterocycles. The summed E-state index contributed by atoms with van der Waals surface area (Å²) in [6.45, 7) is 0.311. The second-order valence-electron chi connectivity index (χ2n) is 4.33. The number of rotatable bonds is 7. The first kappa shape index (κ1) is 15.7. The molecule has 1 heterocycles. The van der Waals surface area contributed by atoms with Crippen LogP contribution in [-0.2, 0) is 13.1 Å². The van der Waals surface area contributed by atoms with Crippen molar-refractivity contribution in [3.05, 3.63) is 39.8 Å². The van der Waals surface area contributed by atoms with E-state index in [-0.39, 0.29) is 11.5 Å². The van der Waals surface area contributed by atoms with Crippen LogP contribution in [0, 0.1) is 6.92 Å². The highest BCUT2D eigenvalue weighted by Crippen LogP contribution is 2.29. The molecule has 7 heteroatoms. The van der Waals surface area contributed by atoms with Crippen molar-refractivity contribution in [2.75, 3.05) is 7.11 Å². The average Bonchev–Trinajstić information content (AvgIpc) is 2.84. The van der Waals surface area contributed by atoms with E-state index >= 15 is 0 Å². The first-order valence-electron chi connectivity index (χ1n) is 6.31. The molecule has 0 saturated carbocycles. The van der Waals surface area contributed by atoms with Gasteiger partial charge in [0, 0.05) is 18.0 Å². The maximum Gasteiger partial charge on any atom is 0.387 e. The van der Waals surface area contributed by atoms with Gasteiger partial charge in [0.05, 0.1) is 18.3 Å². The number of halogens is 2. The van der Waals surface area contributed by atoms with Crippen LogP contribution in [0.25, 0.3) is 0 Å². The van der Waals surface area contributed by atoms with Crippen molar-refractivity contribution < 1.29 is 18.3 Å². The van der Waals surface area contributed by atoms with Gasteiger partial charge in [-0.2, -0.15) is 8.78 Å². The van der Waals surface area contributed by atoms with Crippen LogP contribution < -0.4 is 14.8 Å². The Morgan fingerprint density at radius 2 is 2.10 bits per heavy atom. The molecule has 0 aliphatic heterocycles. The third-order valence-corrected chi connectivity index (χ3v) is 3.84. The Morgan fingerprint density at radius 1 is 1.29 bits per heavy atom. The summed E-state index contributed by atoms with van der Waals surface area (Å²) >= 11 is 1.58. The van der Waals surface area contributed by atoms with Gasteiger partial charge < -0.3 is 14.8 Å². The minimum atomic E-state index is -2.87. The summed E-state index contributed by atoms with van der Waals surface area (Å²) in [5, 5.41) is 3.25. The summed E-state index contributed by atoms with van der Waals surface area (Å²) in [4.78, 5) is 5.33. The Hall–Kier alpha value is -1.73. The number of methoxy groups -OCH3 is 1. The molecule has 0 bridgehead atoms. The number of hydrogen-bond donors (Lipinski definition) is 1. The fourth-order valence-electron chi connectivity index (χ4n) is 1.84. The molecule has 0 aliphatic rings. The van der Waals surface area contributed by atoms with Crippen molar-refractivity contribution in [3.8, 4) is 11.5 Å². The van der Waals surface area contributed by atoms with Crippen LogP contribution in [-0.4, -0.2) is 18.7 Å². The van der Waals surface area contributed by atoms with Gasteiger partial charge in [-0.05, 0) is 24.6 Å². The summed E-state index contributed by atoms with van der Waals surface area (Å²) < 4.78 is 34.2. The molecular formula is C14H16F2N2O2S. The molecule has 2 rings (SSSR count). The SMILES string of the molecule is COc1ccc(CNCc2scnc2C)cc1OC(F)F. The Labute approximate surface area is 125 Å². The maximum atomic E-state index is 12.4. The highest BCUT2D eigenvalue weighted by atomic mass is 32.1. The Bertz CT molecular complexity index is 590. The molecule has 0 unspecified atom stereocenters. The zero-order chi connectivity index (χ0) is 15.2. The van der Waals surface area contributed by atoms with Crippen molar-refractivity contribution >= 4 is 11.3 Å². The van der Waals surface area contributed by atoms with Crippen LogP contribution in [0.2, 0.25) is 0 Å². The quantitative estimate of drug-likeness (QED) is 0.851. The number of aryl methyl sites for hydroxylation is 1. The molecule has 4 nitrogen and oxygen atoms in total. The van der Waals surface area contributed by atoms with Crippen LogP contribution in [0.5, 0.6) is 11.5 Å². The number of alkyl halides is 2. The highest BCUT2D eigenvalue weighted by Gasteiger charge is 2.11. The number of thiazole rings is 1. The fourth-order valence-corrected chi connectivity index (χ4v) is 2.58. The Balaban J connectivity index is 1.98. The molecule has 0 aliphatic carbocycles. The topological polar surface area (TPSA) is 43.4 Å². The first-order chi connectivity index (χ1) is 10.1. The minimum Gasteiger partial charge on any atom is -0.493 e. The van der Waals surface area contributed by atoms with E-state index in [0.29, 0.717) is 13.1 Å². The largest absolute Gasteiger partial charge is 0.493 e. The third-order valence-electron chi connectivity index (χ3n) is 2.90. The third kappa shape index (κ3) is 4.37. The zero-order valence-electron chi connectivity index (χ0n) is 11.7. The van der Waals surface area contributed by atoms with Crippen LogP contribution in [0.1, 0.15) is 16.1 Å². The summed E-state index contributed by atoms with van der Waals surface area (Å²) in [6, 6.07) is 4.98. The molecule has 0 atom stereocenters. The standard InChI is InChI=1S/C14H16F2N2O2S/c1-9-13(21-8-18-9)7-17-6-10-3-4-11(19-2)12(5-10)20-14(15)16/h3-5,8,14,17H,6-7H2,1-2H3. The van der Waals surface area contributed by atoms with Crippen LogP contribution in [0.4, 0.5) is 8.78 Å². The lowest BCUT2D eigenvalue weighted by Crippen LogP contribution is -2.13. The molecule has 2 aromatic rings. The van der Waals surface area contributed by atoms with Gasteiger partial charge in [0.2, 0.25) is 0 Å². The van der Waals surface area contributed by atoms with Gasteiger partial charge in [-0.3, -0.25) is 0 Å². The van der Waals surface area contributed by atoms with Crippen LogP contribution in [0.15, 0.2) is 23.7 Å². The average molecular weight is 314 g/mol. The molecule has 0 spiro atoms. The summed E-state index contributed by atoms with van der Waals surface area (Å²) in [5.74, 6) is 0.332. The normalized spacial score (nSPS) is 10.9. The summed E-state index contributed by atoms with van der Waals surface area (Å²) in [6.07, 6.45) is 0. The van der Waals surface area contributed by atoms with Crippen LogP contribution >= 0.6 is 11.3 Å². The molecule has 0 radical (unpaired) electrons. The molecule has 0 fully saturated rings. The lowest BCUT2D eigenvalue weighted by atomic mass is 10.2. The van der Waals surface area contributed by atoms with Crippen LogP contribution in [0.3, 0.4) is 0 Å². The van der Waals surface area contributed by atoms with E-state index in [4.69, 9.17) is 4.74 Å². The number of aromatic nitrogens is 1. The van der Waals surface area contributed by atoms with Crippen molar-refractivity contribution in [2.24, 2.45) is 0 Å². The second-order valence-corrected chi connectivity index (χ2v) is 5.27. The van der Waals surface area contributed by atoms with Crippen molar-refractivity contribution in [3.63, 3.8) is 0 Å². The smallest absolute Gasteiger partial charge is 0.387 e. The van der Waals surface area contributed by atoms with Gasteiger partial charge in [0.15, 0.2) is 11.5 Å². The molecule has 0 amide bonds. The van der Waals surface area contributed by atoms with Crippen molar-refractivity contribution in [1.82, 2.24) is 10.3 Å². The molecule has 21 heavy (non-hydrogen) atoms. The fraction of sp³-hybridized carbons (Fsp3) is 0.357. The molecular weight excluding hydrogens is 298 g/mol. The predicted octanol–water partition coefficient (Wildman–Crippen LogP) is 3.35. The predicted molar refractivity (Wildman–Crippen MR) is 77.0 cm³/mol. The number of benzene rings is 1. The zero-order valence-corrected chi connectivity index (χ0v) is 12.5. The first-order valence-corrected chi connectivity index (χ1v) is 7.19. The van der Waals surface area contributed by atoms with E-state index in [9.17, 15) is 8.78 Å². The lowest BCUT2D eigenvalue weighted by molar-refractivity contribution is -0.0512. The van der Waals surface area contributed by atoms with Crippen molar-refractivity contribution in [1.29, 1.82) is 0 Å². The van der Waals surface area contributed by atoms with E-state index in [2.05, 4.69) is 15.0 Å². The van der Waals surface area contributed by atoms with E-state index < -0.39 is 6.61 Å². The van der Waals surface area contributed by atoms with Gasteiger partial charge in [-0.1, -0.05) is 6.07 Å². The molecule has 1 N–H and O–H groups in total. The maximum absolute atomic E-state index is 12.4. The summed E-state index contributed by atoms with van der Waals surface area (Å²) in [5.41, 5.74) is 3.64. The van der Waals surface area contributed by atoms with E-state index in [1.165, 1.54) is 7.11 Å². The van der Waals surface area contributed by atoms with Gasteiger partial charge in [0.1, 0.15) is 0 Å². The van der Waals surface area contributed by atoms with Gasteiger partial charge >= 0.3 is 6.61 Å². The van der Waals surface area contributed by atoms with E-state index in [0.717, 1.165) is 16.1 Å². The Kier molecular flexibility index (Phi) is 5.46. The summed E-state index contributed by atoms with van der Waals surface area (Å²) in [7, 11) is 1.41. The molecule has 1 aromatic heterocycles. The van der Waals surface area contributed by atoms with Crippen molar-refractivity contribution in [2.45, 2.75) is 26.6 Å². The molecule has 114 valence electrons. The number of nitrogens with zero attached hydrogens (tertiary/aromatic N) is 1. The minimum absolute atomic E-state index is 0.0424. The number of hydrogen-bond acceptors (Lipinski definition) is 5. The number of nitrogens with one attached hydrogen (secondary N) is 1. The monoisotopic (exact) mass is 314 g/mol. The number of ether oxygens (including phenoxy) is 2. The van der Waals surface area contributed by atoms with Gasteiger partial charge in [-0.25, -0.2) is 4.98 Å².